The van der Waals surface area contributed by atoms with E-state index >= 15 is 0 Å². The summed E-state index contributed by atoms with van der Waals surface area (Å²) in [5.74, 6) is 1.34. The molecule has 5 rings (SSSR count). The van der Waals surface area contributed by atoms with E-state index in [2.05, 4.69) is 11.0 Å². The Hall–Kier alpha value is -3.24. The fourth-order valence-electron chi connectivity index (χ4n) is 4.97. The highest BCUT2D eigenvalue weighted by molar-refractivity contribution is 5.77. The molecular weight excluding hydrogens is 390 g/mol. The minimum Gasteiger partial charge on any atom is -0.395 e. The normalized spacial score (nSPS) is 18.2. The number of benzene rings is 1. The minimum absolute atomic E-state index is 0.139. The average Bonchev–Trinajstić information content (AvgIpc) is 3.29. The summed E-state index contributed by atoms with van der Waals surface area (Å²) in [4.78, 5) is 25.1. The lowest BCUT2D eigenvalue weighted by Crippen LogP contribution is -2.34. The van der Waals surface area contributed by atoms with E-state index in [4.69, 9.17) is 9.97 Å². The number of anilines is 1. The number of aromatic nitrogens is 3. The molecule has 0 spiro atoms. The molecule has 7 heteroatoms. The van der Waals surface area contributed by atoms with E-state index in [1.807, 2.05) is 24.3 Å². The van der Waals surface area contributed by atoms with Gasteiger partial charge in [-0.15, -0.1) is 0 Å². The average molecular weight is 415 g/mol. The van der Waals surface area contributed by atoms with Crippen LogP contribution < -0.4 is 10.5 Å². The Morgan fingerprint density at radius 2 is 2.00 bits per heavy atom. The summed E-state index contributed by atoms with van der Waals surface area (Å²) < 4.78 is 1.59. The third-order valence-corrected chi connectivity index (χ3v) is 6.44. The first-order valence-electron chi connectivity index (χ1n) is 11.0. The molecule has 3 heterocycles. The zero-order valence-corrected chi connectivity index (χ0v) is 17.4. The molecule has 2 aromatic heterocycles. The van der Waals surface area contributed by atoms with Gasteiger partial charge in [0.05, 0.1) is 35.7 Å². The molecule has 1 N–H and O–H groups in total. The molecule has 1 aliphatic heterocycles. The van der Waals surface area contributed by atoms with Gasteiger partial charge in [0.25, 0.3) is 5.56 Å². The smallest absolute Gasteiger partial charge is 0.261 e. The van der Waals surface area contributed by atoms with Crippen LogP contribution in [0.1, 0.15) is 54.4 Å². The first-order chi connectivity index (χ1) is 15.2. The first kappa shape index (κ1) is 19.7. The van der Waals surface area contributed by atoms with E-state index in [1.54, 1.807) is 10.6 Å². The fourth-order valence-corrected chi connectivity index (χ4v) is 4.97. The lowest BCUT2D eigenvalue weighted by molar-refractivity contribution is 0.270. The van der Waals surface area contributed by atoms with E-state index in [9.17, 15) is 15.2 Å². The third-order valence-electron chi connectivity index (χ3n) is 6.44. The molecule has 1 aliphatic carbocycles. The van der Waals surface area contributed by atoms with Crippen molar-refractivity contribution in [1.82, 2.24) is 14.5 Å². The molecule has 0 radical (unpaired) electrons. The van der Waals surface area contributed by atoms with Crippen LogP contribution in [0.2, 0.25) is 0 Å². The van der Waals surface area contributed by atoms with Crippen molar-refractivity contribution in [3.05, 3.63) is 63.3 Å². The van der Waals surface area contributed by atoms with Crippen molar-refractivity contribution in [3.8, 4) is 6.07 Å². The molecule has 1 unspecified atom stereocenters. The van der Waals surface area contributed by atoms with E-state index in [0.29, 0.717) is 28.1 Å². The van der Waals surface area contributed by atoms with Crippen LogP contribution in [0.15, 0.2) is 35.1 Å². The van der Waals surface area contributed by atoms with Crippen molar-refractivity contribution in [3.63, 3.8) is 0 Å². The van der Waals surface area contributed by atoms with Crippen molar-refractivity contribution in [1.29, 1.82) is 5.26 Å². The van der Waals surface area contributed by atoms with Gasteiger partial charge < -0.3 is 10.0 Å². The second kappa shape index (κ2) is 8.12. The maximum absolute atomic E-state index is 13.2. The fraction of sp³-hybridized carbons (Fsp3) is 0.417. The Bertz CT molecular complexity index is 1240. The van der Waals surface area contributed by atoms with Crippen LogP contribution in [0.4, 0.5) is 5.82 Å². The van der Waals surface area contributed by atoms with E-state index in [-0.39, 0.29) is 24.8 Å². The van der Waals surface area contributed by atoms with Gasteiger partial charge in [-0.3, -0.25) is 9.36 Å². The van der Waals surface area contributed by atoms with Gasteiger partial charge in [0, 0.05) is 12.2 Å². The van der Waals surface area contributed by atoms with Gasteiger partial charge in [-0.1, -0.05) is 12.1 Å². The Labute approximate surface area is 180 Å². The molecule has 1 aromatic carbocycles. The molecule has 0 bridgehead atoms. The van der Waals surface area contributed by atoms with E-state index < -0.39 is 0 Å². The summed E-state index contributed by atoms with van der Waals surface area (Å²) in [5.41, 5.74) is 3.38. The van der Waals surface area contributed by atoms with Crippen LogP contribution in [0.25, 0.3) is 10.9 Å². The van der Waals surface area contributed by atoms with Gasteiger partial charge in [-0.25, -0.2) is 9.97 Å². The maximum Gasteiger partial charge on any atom is 0.261 e. The van der Waals surface area contributed by atoms with Gasteiger partial charge in [0.2, 0.25) is 0 Å². The van der Waals surface area contributed by atoms with Crippen LogP contribution in [-0.2, 0) is 19.4 Å². The molecule has 1 saturated heterocycles. The standard InChI is InChI=1S/C24H25N5O2/c25-15-17-14-16-6-1-3-8-19(16)26-22(17)28-11-5-10-21(28)23-27-20-9-4-2-7-18(20)24(31)29(23)12-13-30/h2,4,7,9,14,21,30H,1,3,5-6,8,10-13H2. The highest BCUT2D eigenvalue weighted by atomic mass is 16.3. The molecule has 31 heavy (non-hydrogen) atoms. The second-order valence-electron chi connectivity index (χ2n) is 8.30. The number of fused-ring (bicyclic) bond motifs is 2. The van der Waals surface area contributed by atoms with Crippen LogP contribution in [0, 0.1) is 11.3 Å². The topological polar surface area (TPSA) is 95.0 Å². The molecule has 0 saturated carbocycles. The van der Waals surface area contributed by atoms with Crippen LogP contribution in [0.5, 0.6) is 0 Å². The Kier molecular flexibility index (Phi) is 5.16. The predicted octanol–water partition coefficient (Wildman–Crippen LogP) is 2.88. The largest absolute Gasteiger partial charge is 0.395 e. The van der Waals surface area contributed by atoms with Crippen LogP contribution >= 0.6 is 0 Å². The van der Waals surface area contributed by atoms with Crippen molar-refractivity contribution in [2.45, 2.75) is 51.1 Å². The summed E-state index contributed by atoms with van der Waals surface area (Å²) in [5, 5.41) is 20.0. The molecule has 2 aliphatic rings. The van der Waals surface area contributed by atoms with Crippen molar-refractivity contribution < 1.29 is 5.11 Å². The number of aliphatic hydroxyl groups is 1. The molecular formula is C24H25N5O2. The molecule has 158 valence electrons. The first-order valence-corrected chi connectivity index (χ1v) is 11.0. The molecule has 0 amide bonds. The Balaban J connectivity index is 1.65. The Morgan fingerprint density at radius 1 is 1.16 bits per heavy atom. The summed E-state index contributed by atoms with van der Waals surface area (Å²) in [7, 11) is 0. The number of aliphatic hydroxyl groups excluding tert-OH is 1. The molecule has 3 aromatic rings. The summed E-state index contributed by atoms with van der Waals surface area (Å²) in [6, 6.07) is 11.5. The molecule has 7 nitrogen and oxygen atoms in total. The summed E-state index contributed by atoms with van der Waals surface area (Å²) in [6.07, 6.45) is 5.92. The van der Waals surface area contributed by atoms with Crippen LogP contribution in [0.3, 0.4) is 0 Å². The number of rotatable bonds is 4. The van der Waals surface area contributed by atoms with Crippen molar-refractivity contribution in [2.24, 2.45) is 0 Å². The highest BCUT2D eigenvalue weighted by Crippen LogP contribution is 2.37. The number of nitrogens with zero attached hydrogens (tertiary/aromatic N) is 5. The minimum atomic E-state index is -0.162. The maximum atomic E-state index is 13.2. The molecule has 1 fully saturated rings. The van der Waals surface area contributed by atoms with Gasteiger partial charge in [-0.05, 0) is 62.3 Å². The lowest BCUT2D eigenvalue weighted by atomic mass is 9.94. The monoisotopic (exact) mass is 415 g/mol. The number of nitriles is 1. The summed E-state index contributed by atoms with van der Waals surface area (Å²) >= 11 is 0. The zero-order valence-electron chi connectivity index (χ0n) is 17.4. The quantitative estimate of drug-likeness (QED) is 0.704. The Morgan fingerprint density at radius 3 is 2.84 bits per heavy atom. The predicted molar refractivity (Wildman–Crippen MR) is 118 cm³/mol. The lowest BCUT2D eigenvalue weighted by Gasteiger charge is -2.29. The van der Waals surface area contributed by atoms with Gasteiger partial charge in [0.1, 0.15) is 17.7 Å². The molecule has 1 atom stereocenters. The zero-order chi connectivity index (χ0) is 21.4. The van der Waals surface area contributed by atoms with Gasteiger partial charge >= 0.3 is 0 Å². The number of aryl methyl sites for hydroxylation is 2. The number of hydrogen-bond acceptors (Lipinski definition) is 6. The van der Waals surface area contributed by atoms with E-state index in [1.165, 1.54) is 5.56 Å². The second-order valence-corrected chi connectivity index (χ2v) is 8.30. The van der Waals surface area contributed by atoms with Crippen molar-refractivity contribution in [2.75, 3.05) is 18.1 Å². The summed E-state index contributed by atoms with van der Waals surface area (Å²) in [6.45, 7) is 0.812. The third kappa shape index (κ3) is 3.37. The van der Waals surface area contributed by atoms with Gasteiger partial charge in [0.15, 0.2) is 0 Å². The van der Waals surface area contributed by atoms with E-state index in [0.717, 1.165) is 50.8 Å². The highest BCUT2D eigenvalue weighted by Gasteiger charge is 2.33. The van der Waals surface area contributed by atoms with Crippen molar-refractivity contribution >= 4 is 16.7 Å². The SMILES string of the molecule is N#Cc1cc2c(nc1N1CCCC1c1nc3ccccc3c(=O)n1CCO)CCCC2. The van der Waals surface area contributed by atoms with Crippen LogP contribution in [-0.4, -0.2) is 32.8 Å². The number of hydrogen-bond donors (Lipinski definition) is 1. The van der Waals surface area contributed by atoms with Gasteiger partial charge in [-0.2, -0.15) is 5.26 Å². The number of para-hydroxylation sites is 1. The number of pyridine rings is 1.